The summed E-state index contributed by atoms with van der Waals surface area (Å²) in [5, 5.41) is 22.1. The van der Waals surface area contributed by atoms with Crippen LogP contribution in [0.4, 0.5) is 26.7 Å². The Morgan fingerprint density at radius 3 is 2.52 bits per heavy atom. The summed E-state index contributed by atoms with van der Waals surface area (Å²) in [5.41, 5.74) is 2.74. The lowest BCUT2D eigenvalue weighted by molar-refractivity contribution is -0.134. The fraction of sp³-hybridized carbons (Fsp3) is 0.400. The van der Waals surface area contributed by atoms with Crippen molar-refractivity contribution in [3.63, 3.8) is 0 Å². The van der Waals surface area contributed by atoms with Gasteiger partial charge in [0.15, 0.2) is 5.76 Å². The van der Waals surface area contributed by atoms with Gasteiger partial charge < -0.3 is 40.1 Å². The second-order valence-corrected chi connectivity index (χ2v) is 10.7. The van der Waals surface area contributed by atoms with Gasteiger partial charge in [-0.3, -0.25) is 4.79 Å². The predicted octanol–water partition coefficient (Wildman–Crippen LogP) is 4.25. The average molecular weight is 579 g/mol. The van der Waals surface area contributed by atoms with Crippen LogP contribution in [0, 0.1) is 19.8 Å². The van der Waals surface area contributed by atoms with Crippen molar-refractivity contribution in [1.29, 1.82) is 0 Å². The Labute approximate surface area is 245 Å². The molecule has 3 atom stereocenters. The smallest absolute Gasteiger partial charge is 0.323 e. The first-order valence-corrected chi connectivity index (χ1v) is 13.8. The van der Waals surface area contributed by atoms with Crippen molar-refractivity contribution < 1.29 is 28.8 Å². The van der Waals surface area contributed by atoms with Gasteiger partial charge in [-0.05, 0) is 51.1 Å². The molecule has 224 valence electrons. The van der Waals surface area contributed by atoms with Crippen LogP contribution in [0.3, 0.4) is 0 Å². The second-order valence-electron chi connectivity index (χ2n) is 10.7. The molecule has 4 N–H and O–H groups in total. The molecule has 3 aromatic rings. The van der Waals surface area contributed by atoms with E-state index < -0.39 is 18.2 Å². The molecule has 0 bridgehead atoms. The lowest BCUT2D eigenvalue weighted by Crippen LogP contribution is -2.48. The van der Waals surface area contributed by atoms with Gasteiger partial charge in [-0.25, -0.2) is 9.59 Å². The molecule has 2 aromatic carbocycles. The minimum absolute atomic E-state index is 0.00442. The molecule has 12 heteroatoms. The number of benzene rings is 2. The highest BCUT2D eigenvalue weighted by Gasteiger charge is 2.32. The van der Waals surface area contributed by atoms with Crippen LogP contribution in [0.15, 0.2) is 53.1 Å². The number of carbonyl (C=O) groups is 3. The molecule has 0 fully saturated rings. The summed E-state index contributed by atoms with van der Waals surface area (Å²) in [4.78, 5) is 42.3. The summed E-state index contributed by atoms with van der Waals surface area (Å²) < 4.78 is 11.6. The fourth-order valence-corrected chi connectivity index (χ4v) is 4.76. The fourth-order valence-electron chi connectivity index (χ4n) is 4.76. The van der Waals surface area contributed by atoms with Gasteiger partial charge in [-0.1, -0.05) is 30.3 Å². The Bertz CT molecular complexity index is 1390. The van der Waals surface area contributed by atoms with Crippen molar-refractivity contribution >= 4 is 35.0 Å². The number of amides is 5. The lowest BCUT2D eigenvalue weighted by Gasteiger charge is -2.34. The van der Waals surface area contributed by atoms with Gasteiger partial charge in [-0.15, -0.1) is 0 Å². The molecule has 0 saturated heterocycles. The van der Waals surface area contributed by atoms with Crippen LogP contribution in [0.25, 0.3) is 0 Å². The van der Waals surface area contributed by atoms with E-state index in [0.29, 0.717) is 46.4 Å². The Hall–Kier alpha value is -4.58. The number of hydrogen-bond acceptors (Lipinski definition) is 7. The van der Waals surface area contributed by atoms with Crippen molar-refractivity contribution in [3.8, 4) is 5.75 Å². The maximum absolute atomic E-state index is 13.5. The molecule has 0 unspecified atom stereocenters. The zero-order valence-electron chi connectivity index (χ0n) is 24.5. The number of aliphatic hydroxyl groups is 1. The zero-order chi connectivity index (χ0) is 30.4. The molecule has 0 aliphatic carbocycles. The first-order chi connectivity index (χ1) is 20.0. The van der Waals surface area contributed by atoms with Crippen LogP contribution in [0.1, 0.15) is 30.9 Å². The minimum Gasteiger partial charge on any atom is -0.488 e. The number of rotatable bonds is 7. The topological polar surface area (TPSA) is 149 Å². The molecule has 0 saturated carbocycles. The standard InChI is InChI=1S/C30H38N6O6/c1-18-15-36(19(2)17-37)27(38)14-22-13-24(31-29(39)33-28-20(3)34-42-21(28)4)11-12-25(22)41-26(18)16-35(5)30(40)32-23-9-7-6-8-10-23/h6-13,18-19,26,37H,14-17H2,1-5H3,(H,32,40)(H2,31,33,39)/t18-,19-,26+/m0/s1. The highest BCUT2D eigenvalue weighted by molar-refractivity contribution is 6.00. The summed E-state index contributed by atoms with van der Waals surface area (Å²) in [6.07, 6.45) is -0.471. The Morgan fingerprint density at radius 2 is 1.86 bits per heavy atom. The molecule has 0 radical (unpaired) electrons. The third kappa shape index (κ3) is 7.38. The highest BCUT2D eigenvalue weighted by Crippen LogP contribution is 2.29. The van der Waals surface area contributed by atoms with Crippen molar-refractivity contribution in [2.24, 2.45) is 5.92 Å². The van der Waals surface area contributed by atoms with Crippen LogP contribution in [-0.4, -0.2) is 76.9 Å². The number of urea groups is 2. The van der Waals surface area contributed by atoms with E-state index in [1.807, 2.05) is 25.1 Å². The van der Waals surface area contributed by atoms with E-state index in [-0.39, 0.29) is 37.4 Å². The Kier molecular flexibility index (Phi) is 9.68. The quantitative estimate of drug-likeness (QED) is 0.327. The van der Waals surface area contributed by atoms with E-state index in [4.69, 9.17) is 9.26 Å². The average Bonchev–Trinajstić information content (AvgIpc) is 3.29. The number of aromatic nitrogens is 1. The van der Waals surface area contributed by atoms with E-state index in [2.05, 4.69) is 21.1 Å². The first-order valence-electron chi connectivity index (χ1n) is 13.8. The van der Waals surface area contributed by atoms with Gasteiger partial charge in [0.1, 0.15) is 23.2 Å². The molecular weight excluding hydrogens is 540 g/mol. The molecule has 1 aliphatic heterocycles. The summed E-state index contributed by atoms with van der Waals surface area (Å²) in [6.45, 7) is 7.55. The number of aliphatic hydroxyl groups excluding tert-OH is 1. The van der Waals surface area contributed by atoms with Gasteiger partial charge in [0, 0.05) is 36.4 Å². The third-order valence-electron chi connectivity index (χ3n) is 7.27. The largest absolute Gasteiger partial charge is 0.488 e. The van der Waals surface area contributed by atoms with Gasteiger partial charge in [0.05, 0.1) is 25.6 Å². The van der Waals surface area contributed by atoms with Crippen LogP contribution in [0.5, 0.6) is 5.75 Å². The third-order valence-corrected chi connectivity index (χ3v) is 7.27. The summed E-state index contributed by atoms with van der Waals surface area (Å²) in [7, 11) is 1.69. The molecule has 2 heterocycles. The van der Waals surface area contributed by atoms with E-state index in [1.165, 1.54) is 0 Å². The number of nitrogens with zero attached hydrogens (tertiary/aromatic N) is 3. The van der Waals surface area contributed by atoms with Gasteiger partial charge in [0.25, 0.3) is 0 Å². The van der Waals surface area contributed by atoms with Crippen molar-refractivity contribution in [2.45, 2.75) is 46.3 Å². The van der Waals surface area contributed by atoms with E-state index in [1.54, 1.807) is 68.0 Å². The van der Waals surface area contributed by atoms with Crippen molar-refractivity contribution in [3.05, 3.63) is 65.5 Å². The Morgan fingerprint density at radius 1 is 1.12 bits per heavy atom. The number of fused-ring (bicyclic) bond motifs is 1. The number of hydrogen-bond donors (Lipinski definition) is 4. The van der Waals surface area contributed by atoms with Gasteiger partial charge in [-0.2, -0.15) is 0 Å². The molecule has 0 spiro atoms. The first kappa shape index (κ1) is 30.4. The number of likely N-dealkylation sites (N-methyl/N-ethyl adjacent to an activating group) is 1. The molecule has 1 aromatic heterocycles. The minimum atomic E-state index is -0.493. The van der Waals surface area contributed by atoms with E-state index >= 15 is 0 Å². The molecule has 5 amide bonds. The van der Waals surface area contributed by atoms with Crippen LogP contribution >= 0.6 is 0 Å². The summed E-state index contributed by atoms with van der Waals surface area (Å²) >= 11 is 0. The maximum atomic E-state index is 13.5. The van der Waals surface area contributed by atoms with Crippen LogP contribution in [-0.2, 0) is 11.2 Å². The maximum Gasteiger partial charge on any atom is 0.323 e. The number of nitrogens with one attached hydrogen (secondary N) is 3. The Balaban J connectivity index is 1.56. The van der Waals surface area contributed by atoms with Gasteiger partial charge >= 0.3 is 12.1 Å². The zero-order valence-corrected chi connectivity index (χ0v) is 24.5. The predicted molar refractivity (Wildman–Crippen MR) is 159 cm³/mol. The number of aryl methyl sites for hydroxylation is 2. The van der Waals surface area contributed by atoms with Crippen LogP contribution in [0.2, 0.25) is 0 Å². The number of carbonyl (C=O) groups excluding carboxylic acids is 3. The molecule has 12 nitrogen and oxygen atoms in total. The SMILES string of the molecule is Cc1noc(C)c1NC(=O)Nc1ccc2c(c1)CC(=O)N([C@@H](C)CO)C[C@H](C)[C@@H](CN(C)C(=O)Nc1ccccc1)O2. The van der Waals surface area contributed by atoms with E-state index in [9.17, 15) is 19.5 Å². The van der Waals surface area contributed by atoms with Crippen molar-refractivity contribution in [1.82, 2.24) is 15.0 Å². The number of para-hydroxylation sites is 1. The van der Waals surface area contributed by atoms with Crippen LogP contribution < -0.4 is 20.7 Å². The second kappa shape index (κ2) is 13.4. The molecule has 1 aliphatic rings. The monoisotopic (exact) mass is 578 g/mol. The normalized spacial score (nSPS) is 17.6. The number of anilines is 3. The molecule has 42 heavy (non-hydrogen) atoms. The van der Waals surface area contributed by atoms with Crippen molar-refractivity contribution in [2.75, 3.05) is 42.7 Å². The van der Waals surface area contributed by atoms with E-state index in [0.717, 1.165) is 0 Å². The highest BCUT2D eigenvalue weighted by atomic mass is 16.5. The lowest BCUT2D eigenvalue weighted by atomic mass is 10.0. The molecular formula is C30H38N6O6. The van der Waals surface area contributed by atoms with Gasteiger partial charge in [0.2, 0.25) is 5.91 Å². The number of ether oxygens (including phenoxy) is 1. The molecule has 4 rings (SSSR count). The summed E-state index contributed by atoms with van der Waals surface area (Å²) in [6, 6.07) is 13.1. The summed E-state index contributed by atoms with van der Waals surface area (Å²) in [5.74, 6) is 0.602.